The summed E-state index contributed by atoms with van der Waals surface area (Å²) >= 11 is 0. The second kappa shape index (κ2) is 14.2. The van der Waals surface area contributed by atoms with Gasteiger partial charge in [-0.1, -0.05) is 36.4 Å². The lowest BCUT2D eigenvalue weighted by Gasteiger charge is -2.36. The van der Waals surface area contributed by atoms with Crippen molar-refractivity contribution in [1.82, 2.24) is 25.4 Å². The molecule has 10 heteroatoms. The Labute approximate surface area is 293 Å². The van der Waals surface area contributed by atoms with Crippen LogP contribution in [0.1, 0.15) is 59.7 Å². The maximum Gasteiger partial charge on any atom is 0.234 e. The first-order valence-corrected chi connectivity index (χ1v) is 17.5. The summed E-state index contributed by atoms with van der Waals surface area (Å²) in [6, 6.07) is 25.2. The number of nitrogen functional groups attached to an aromatic ring is 1. The van der Waals surface area contributed by atoms with Crippen LogP contribution in [-0.2, 0) is 16.0 Å². The van der Waals surface area contributed by atoms with Gasteiger partial charge in [0.2, 0.25) is 11.8 Å². The van der Waals surface area contributed by atoms with E-state index in [4.69, 9.17) is 10.7 Å². The summed E-state index contributed by atoms with van der Waals surface area (Å²) in [6.45, 7) is 11.0. The number of imide groups is 1. The van der Waals surface area contributed by atoms with Gasteiger partial charge in [0.05, 0.1) is 23.3 Å². The van der Waals surface area contributed by atoms with Gasteiger partial charge in [-0.15, -0.1) is 5.10 Å². The van der Waals surface area contributed by atoms with E-state index in [2.05, 4.69) is 93.0 Å². The molecular formula is C40H44N8O2. The van der Waals surface area contributed by atoms with E-state index in [0.717, 1.165) is 95.1 Å². The van der Waals surface area contributed by atoms with Crippen molar-refractivity contribution < 1.29 is 9.59 Å². The minimum Gasteiger partial charge on any atom is -0.399 e. The minimum atomic E-state index is -0.249. The maximum atomic E-state index is 12.3. The number of nitrogens with two attached hydrogens (primary N) is 1. The number of fused-ring (bicyclic) bond motifs is 1. The molecule has 7 rings (SSSR count). The van der Waals surface area contributed by atoms with E-state index in [1.807, 2.05) is 37.4 Å². The summed E-state index contributed by atoms with van der Waals surface area (Å²) in [4.78, 5) is 33.6. The third-order valence-electron chi connectivity index (χ3n) is 10.0. The molecule has 2 aliphatic heterocycles. The highest BCUT2D eigenvalue weighted by molar-refractivity contribution is 6.01. The number of carbonyl (C=O) groups is 2. The smallest absolute Gasteiger partial charge is 0.234 e. The molecule has 2 fully saturated rings. The first kappa shape index (κ1) is 33.2. The van der Waals surface area contributed by atoms with Crippen molar-refractivity contribution >= 4 is 39.8 Å². The topological polar surface area (TPSA) is 129 Å². The van der Waals surface area contributed by atoms with Crippen LogP contribution in [0.3, 0.4) is 0 Å². The molecule has 2 amide bonds. The third kappa shape index (κ3) is 7.30. The second-order valence-corrected chi connectivity index (χ2v) is 13.7. The first-order valence-electron chi connectivity index (χ1n) is 17.5. The summed E-state index contributed by atoms with van der Waals surface area (Å²) in [5, 5.41) is 17.0. The first-order chi connectivity index (χ1) is 24.2. The highest BCUT2D eigenvalue weighted by Gasteiger charge is 2.28. The van der Waals surface area contributed by atoms with Crippen molar-refractivity contribution in [1.29, 1.82) is 0 Å². The molecule has 2 aromatic heterocycles. The van der Waals surface area contributed by atoms with Crippen LogP contribution in [0, 0.1) is 13.8 Å². The Kier molecular flexibility index (Phi) is 9.45. The fourth-order valence-electron chi connectivity index (χ4n) is 7.15. The monoisotopic (exact) mass is 668 g/mol. The number of anilines is 3. The molecule has 0 aliphatic carbocycles. The van der Waals surface area contributed by atoms with Crippen molar-refractivity contribution in [2.45, 2.75) is 52.0 Å². The van der Waals surface area contributed by atoms with Gasteiger partial charge < -0.3 is 16.0 Å². The molecule has 0 saturated carbocycles. The molecular weight excluding hydrogens is 624 g/mol. The third-order valence-corrected chi connectivity index (χ3v) is 10.0. The van der Waals surface area contributed by atoms with Crippen LogP contribution in [0.25, 0.3) is 22.0 Å². The zero-order valence-corrected chi connectivity index (χ0v) is 28.9. The Morgan fingerprint density at radius 2 is 1.74 bits per heavy atom. The average molecular weight is 669 g/mol. The summed E-state index contributed by atoms with van der Waals surface area (Å²) in [7, 11) is 0. The number of benzene rings is 3. The van der Waals surface area contributed by atoms with Crippen LogP contribution in [-0.4, -0.2) is 64.6 Å². The normalized spacial score (nSPS) is 17.5. The maximum absolute atomic E-state index is 12.3. The predicted molar refractivity (Wildman–Crippen MR) is 199 cm³/mol. The van der Waals surface area contributed by atoms with E-state index in [-0.39, 0.29) is 23.8 Å². The van der Waals surface area contributed by atoms with Crippen LogP contribution >= 0.6 is 0 Å². The number of aromatic nitrogens is 3. The zero-order valence-electron chi connectivity index (χ0n) is 28.9. The quantitative estimate of drug-likeness (QED) is 0.129. The van der Waals surface area contributed by atoms with Crippen molar-refractivity contribution in [3.63, 3.8) is 0 Å². The molecule has 50 heavy (non-hydrogen) atoms. The van der Waals surface area contributed by atoms with Crippen LogP contribution in [0.5, 0.6) is 0 Å². The molecule has 1 unspecified atom stereocenters. The SMILES string of the molecule is Cc1cc(N)cc([C@@H](C)Nc2nnc(C)c3cnc(-c4cccc(CCN5CCN(c6ccc(C7CCC(=O)NC7=O)cc6)CC5)c4)cc23)c1. The number of nitrogens with zero attached hydrogens (tertiary/aromatic N) is 5. The number of rotatable bonds is 9. The fourth-order valence-corrected chi connectivity index (χ4v) is 7.15. The molecule has 2 aliphatic rings. The molecule has 4 N–H and O–H groups in total. The molecule has 2 saturated heterocycles. The lowest BCUT2D eigenvalue weighted by Crippen LogP contribution is -2.47. The summed E-state index contributed by atoms with van der Waals surface area (Å²) < 4.78 is 0. The minimum absolute atomic E-state index is 0.00949. The fraction of sp³-hybridized carbons (Fsp3) is 0.325. The average Bonchev–Trinajstić information content (AvgIpc) is 3.12. The van der Waals surface area contributed by atoms with Gasteiger partial charge in [0.25, 0.3) is 0 Å². The van der Waals surface area contributed by atoms with Gasteiger partial charge in [-0.05, 0) is 92.3 Å². The largest absolute Gasteiger partial charge is 0.399 e. The Balaban J connectivity index is 0.981. The van der Waals surface area contributed by atoms with Gasteiger partial charge in [0.1, 0.15) is 0 Å². The number of nitrogens with one attached hydrogen (secondary N) is 2. The Hall–Kier alpha value is -5.35. The van der Waals surface area contributed by atoms with E-state index in [0.29, 0.717) is 12.8 Å². The van der Waals surface area contributed by atoms with E-state index in [1.165, 1.54) is 11.3 Å². The van der Waals surface area contributed by atoms with Gasteiger partial charge in [-0.25, -0.2) is 0 Å². The molecule has 256 valence electrons. The van der Waals surface area contributed by atoms with Crippen LogP contribution in [0.15, 0.2) is 79.0 Å². The lowest BCUT2D eigenvalue weighted by molar-refractivity contribution is -0.134. The summed E-state index contributed by atoms with van der Waals surface area (Å²) in [5.74, 6) is 0.104. The molecule has 5 aromatic rings. The van der Waals surface area contributed by atoms with E-state index in [9.17, 15) is 9.59 Å². The number of hydrogen-bond acceptors (Lipinski definition) is 9. The van der Waals surface area contributed by atoms with Gasteiger partial charge in [0.15, 0.2) is 5.82 Å². The predicted octanol–water partition coefficient (Wildman–Crippen LogP) is 5.95. The van der Waals surface area contributed by atoms with E-state index >= 15 is 0 Å². The number of piperazine rings is 1. The van der Waals surface area contributed by atoms with Gasteiger partial charge in [-0.3, -0.25) is 24.8 Å². The molecule has 4 heterocycles. The Morgan fingerprint density at radius 3 is 2.50 bits per heavy atom. The van der Waals surface area contributed by atoms with Crippen molar-refractivity contribution in [2.24, 2.45) is 0 Å². The number of amides is 2. The Bertz CT molecular complexity index is 2020. The van der Waals surface area contributed by atoms with Crippen LogP contribution in [0.4, 0.5) is 17.2 Å². The number of hydrogen-bond donors (Lipinski definition) is 3. The second-order valence-electron chi connectivity index (χ2n) is 13.7. The number of carbonyl (C=O) groups excluding carboxylic acids is 2. The van der Waals surface area contributed by atoms with Gasteiger partial charge >= 0.3 is 0 Å². The highest BCUT2D eigenvalue weighted by Crippen LogP contribution is 2.31. The zero-order chi connectivity index (χ0) is 34.8. The van der Waals surface area contributed by atoms with Crippen molar-refractivity contribution in [3.05, 3.63) is 107 Å². The van der Waals surface area contributed by atoms with E-state index < -0.39 is 0 Å². The molecule has 0 bridgehead atoms. The molecule has 10 nitrogen and oxygen atoms in total. The molecule has 0 radical (unpaired) electrons. The lowest BCUT2D eigenvalue weighted by atomic mass is 9.90. The molecule has 3 aromatic carbocycles. The molecule has 0 spiro atoms. The summed E-state index contributed by atoms with van der Waals surface area (Å²) in [6.07, 6.45) is 3.83. The van der Waals surface area contributed by atoms with Crippen molar-refractivity contribution in [3.8, 4) is 11.3 Å². The van der Waals surface area contributed by atoms with Crippen molar-refractivity contribution in [2.75, 3.05) is 48.7 Å². The van der Waals surface area contributed by atoms with Gasteiger partial charge in [0, 0.05) is 73.1 Å². The van der Waals surface area contributed by atoms with Crippen LogP contribution < -0.4 is 21.3 Å². The number of aryl methyl sites for hydroxylation is 2. The van der Waals surface area contributed by atoms with Crippen LogP contribution in [0.2, 0.25) is 0 Å². The number of piperidine rings is 1. The highest BCUT2D eigenvalue weighted by atomic mass is 16.2. The van der Waals surface area contributed by atoms with E-state index in [1.54, 1.807) is 0 Å². The van der Waals surface area contributed by atoms with Gasteiger partial charge in [-0.2, -0.15) is 5.10 Å². The number of pyridine rings is 1. The Morgan fingerprint density at radius 1 is 0.940 bits per heavy atom. The molecule has 2 atom stereocenters. The standard InChI is InChI=1S/C40H44N8O2/c1-25-19-31(22-32(41)20-25)26(2)43-39-35-23-37(42-24-36(35)27(3)45-46-39)30-6-4-5-28(21-30)13-14-47-15-17-48(18-16-47)33-9-7-29(8-10-33)34-11-12-38(49)44-40(34)50/h4-10,19-24,26,34H,11-18,41H2,1-3H3,(H,43,46)(H,44,49,50)/t26-,34?/m1/s1. The summed E-state index contributed by atoms with van der Waals surface area (Å²) in [5.41, 5.74) is 15.4.